The van der Waals surface area contributed by atoms with E-state index in [1.165, 1.54) is 48.7 Å². The molecule has 24 heavy (non-hydrogen) atoms. The number of ether oxygens (including phenoxy) is 1. The molecule has 0 saturated heterocycles. The van der Waals surface area contributed by atoms with Crippen molar-refractivity contribution in [1.82, 2.24) is 0 Å². The molecule has 0 radical (unpaired) electrons. The summed E-state index contributed by atoms with van der Waals surface area (Å²) < 4.78 is 23.2. The van der Waals surface area contributed by atoms with E-state index in [9.17, 15) is 14.0 Å². The molecule has 0 N–H and O–H groups in total. The van der Waals surface area contributed by atoms with E-state index in [1.54, 1.807) is 19.1 Å². The number of ketones is 1. The van der Waals surface area contributed by atoms with Crippen LogP contribution in [0.15, 0.2) is 65.3 Å². The Morgan fingerprint density at radius 2 is 1.50 bits per heavy atom. The van der Waals surface area contributed by atoms with Gasteiger partial charge < -0.3 is 9.15 Å². The second kappa shape index (κ2) is 6.50. The molecule has 1 aromatic heterocycles. The number of benzene rings is 2. The Bertz CT molecular complexity index is 876. The van der Waals surface area contributed by atoms with Crippen LogP contribution in [0, 0.1) is 12.7 Å². The van der Waals surface area contributed by atoms with E-state index < -0.39 is 11.8 Å². The first-order valence-corrected chi connectivity index (χ1v) is 7.21. The number of hydrogen-bond acceptors (Lipinski definition) is 4. The van der Waals surface area contributed by atoms with E-state index in [-0.39, 0.29) is 5.78 Å². The lowest BCUT2D eigenvalue weighted by atomic mass is 10.0. The second-order valence-corrected chi connectivity index (χ2v) is 5.14. The van der Waals surface area contributed by atoms with Gasteiger partial charge in [-0.1, -0.05) is 0 Å². The Balaban J connectivity index is 1.73. The van der Waals surface area contributed by atoms with Crippen molar-refractivity contribution in [2.45, 2.75) is 6.92 Å². The van der Waals surface area contributed by atoms with Gasteiger partial charge in [0.1, 0.15) is 22.9 Å². The van der Waals surface area contributed by atoms with Crippen LogP contribution in [-0.4, -0.2) is 11.8 Å². The van der Waals surface area contributed by atoms with Crippen molar-refractivity contribution in [1.29, 1.82) is 0 Å². The van der Waals surface area contributed by atoms with Crippen molar-refractivity contribution in [3.8, 4) is 5.75 Å². The van der Waals surface area contributed by atoms with Crippen molar-refractivity contribution in [3.05, 3.63) is 89.1 Å². The lowest BCUT2D eigenvalue weighted by Gasteiger charge is -2.05. The van der Waals surface area contributed by atoms with Crippen LogP contribution in [0.5, 0.6) is 5.75 Å². The molecule has 0 aliphatic carbocycles. The van der Waals surface area contributed by atoms with Crippen LogP contribution in [0.4, 0.5) is 4.39 Å². The van der Waals surface area contributed by atoms with E-state index in [2.05, 4.69) is 0 Å². The molecule has 0 bridgehead atoms. The summed E-state index contributed by atoms with van der Waals surface area (Å²) in [6, 6.07) is 13.0. The van der Waals surface area contributed by atoms with Crippen LogP contribution in [0.25, 0.3) is 0 Å². The molecule has 0 spiro atoms. The third-order valence-electron chi connectivity index (χ3n) is 3.51. The summed E-state index contributed by atoms with van der Waals surface area (Å²) in [6.45, 7) is 1.67. The number of esters is 1. The highest BCUT2D eigenvalue weighted by Crippen LogP contribution is 2.18. The molecule has 0 unspecified atom stereocenters. The van der Waals surface area contributed by atoms with Gasteiger partial charge in [-0.2, -0.15) is 0 Å². The molecular formula is C19H13FO4. The lowest BCUT2D eigenvalue weighted by Crippen LogP contribution is -2.09. The fourth-order valence-electron chi connectivity index (χ4n) is 2.20. The molecule has 3 rings (SSSR count). The first-order valence-electron chi connectivity index (χ1n) is 7.21. The zero-order valence-corrected chi connectivity index (χ0v) is 12.8. The van der Waals surface area contributed by atoms with E-state index in [4.69, 9.17) is 9.15 Å². The topological polar surface area (TPSA) is 56.5 Å². The van der Waals surface area contributed by atoms with E-state index in [1.807, 2.05) is 0 Å². The number of carbonyl (C=O) groups excluding carboxylic acids is 2. The fraction of sp³-hybridized carbons (Fsp3) is 0.0526. The number of furan rings is 1. The Kier molecular flexibility index (Phi) is 4.24. The minimum Gasteiger partial charge on any atom is -0.469 e. The van der Waals surface area contributed by atoms with Crippen LogP contribution in [0.3, 0.4) is 0 Å². The van der Waals surface area contributed by atoms with E-state index in [0.29, 0.717) is 28.2 Å². The first kappa shape index (κ1) is 15.7. The van der Waals surface area contributed by atoms with Crippen molar-refractivity contribution in [3.63, 3.8) is 0 Å². The molecule has 0 aliphatic rings. The number of hydrogen-bond donors (Lipinski definition) is 0. The van der Waals surface area contributed by atoms with Gasteiger partial charge in [0.2, 0.25) is 0 Å². The van der Waals surface area contributed by atoms with Crippen molar-refractivity contribution in [2.24, 2.45) is 0 Å². The second-order valence-electron chi connectivity index (χ2n) is 5.14. The zero-order valence-electron chi connectivity index (χ0n) is 12.8. The molecule has 1 heterocycles. The standard InChI is InChI=1S/C19H13FO4/c1-12-17(10-11-23-12)19(22)24-16-8-4-14(5-9-16)18(21)13-2-6-15(20)7-3-13/h2-11H,1H3. The maximum Gasteiger partial charge on any atom is 0.347 e. The van der Waals surface area contributed by atoms with Crippen LogP contribution in [0.2, 0.25) is 0 Å². The molecule has 120 valence electrons. The maximum absolute atomic E-state index is 12.9. The van der Waals surface area contributed by atoms with Gasteiger partial charge in [0, 0.05) is 11.1 Å². The van der Waals surface area contributed by atoms with Gasteiger partial charge in [-0.15, -0.1) is 0 Å². The van der Waals surface area contributed by atoms with Crippen molar-refractivity contribution < 1.29 is 23.1 Å². The summed E-state index contributed by atoms with van der Waals surface area (Å²) in [6.07, 6.45) is 1.41. The molecule has 0 atom stereocenters. The molecule has 3 aromatic rings. The Hall–Kier alpha value is -3.21. The average molecular weight is 324 g/mol. The van der Waals surface area contributed by atoms with Crippen LogP contribution >= 0.6 is 0 Å². The first-order chi connectivity index (χ1) is 11.5. The predicted molar refractivity (Wildman–Crippen MR) is 84.7 cm³/mol. The molecule has 2 aromatic carbocycles. The summed E-state index contributed by atoms with van der Waals surface area (Å²) in [7, 11) is 0. The van der Waals surface area contributed by atoms with Crippen LogP contribution in [-0.2, 0) is 0 Å². The molecule has 5 heteroatoms. The number of carbonyl (C=O) groups is 2. The third-order valence-corrected chi connectivity index (χ3v) is 3.51. The number of halogens is 1. The lowest BCUT2D eigenvalue weighted by molar-refractivity contribution is 0.0733. The normalized spacial score (nSPS) is 10.4. The summed E-state index contributed by atoms with van der Waals surface area (Å²) >= 11 is 0. The monoisotopic (exact) mass is 324 g/mol. The summed E-state index contributed by atoms with van der Waals surface area (Å²) in [4.78, 5) is 24.3. The predicted octanol–water partition coefficient (Wildman–Crippen LogP) is 4.18. The van der Waals surface area contributed by atoms with Gasteiger partial charge in [-0.3, -0.25) is 4.79 Å². The summed E-state index contributed by atoms with van der Waals surface area (Å²) in [5.74, 6) is -0.375. The highest BCUT2D eigenvalue weighted by Gasteiger charge is 2.14. The van der Waals surface area contributed by atoms with Gasteiger partial charge in [-0.25, -0.2) is 9.18 Å². The zero-order chi connectivity index (χ0) is 17.1. The summed E-state index contributed by atoms with van der Waals surface area (Å²) in [5.41, 5.74) is 1.15. The van der Waals surface area contributed by atoms with E-state index >= 15 is 0 Å². The minimum atomic E-state index is -0.529. The van der Waals surface area contributed by atoms with Gasteiger partial charge >= 0.3 is 5.97 Å². The van der Waals surface area contributed by atoms with Crippen LogP contribution in [0.1, 0.15) is 32.0 Å². The van der Waals surface area contributed by atoms with E-state index in [0.717, 1.165) is 0 Å². The number of rotatable bonds is 4. The quantitative estimate of drug-likeness (QED) is 0.410. The van der Waals surface area contributed by atoms with Gasteiger partial charge in [0.15, 0.2) is 5.78 Å². The maximum atomic E-state index is 12.9. The smallest absolute Gasteiger partial charge is 0.347 e. The molecular weight excluding hydrogens is 311 g/mol. The fourth-order valence-corrected chi connectivity index (χ4v) is 2.20. The SMILES string of the molecule is Cc1occc1C(=O)Oc1ccc(C(=O)c2ccc(F)cc2)cc1. The Labute approximate surface area is 137 Å². The molecule has 0 fully saturated rings. The van der Waals surface area contributed by atoms with Crippen molar-refractivity contribution >= 4 is 11.8 Å². The Morgan fingerprint density at radius 3 is 2.04 bits per heavy atom. The molecule has 4 nitrogen and oxygen atoms in total. The van der Waals surface area contributed by atoms with Crippen LogP contribution < -0.4 is 4.74 Å². The summed E-state index contributed by atoms with van der Waals surface area (Å²) in [5, 5.41) is 0. The molecule has 0 aliphatic heterocycles. The van der Waals surface area contributed by atoms with Gasteiger partial charge in [0.05, 0.1) is 6.26 Å². The largest absolute Gasteiger partial charge is 0.469 e. The highest BCUT2D eigenvalue weighted by molar-refractivity contribution is 6.09. The minimum absolute atomic E-state index is 0.237. The van der Waals surface area contributed by atoms with Gasteiger partial charge in [-0.05, 0) is 61.5 Å². The Morgan fingerprint density at radius 1 is 0.917 bits per heavy atom. The average Bonchev–Trinajstić information content (AvgIpc) is 3.02. The molecule has 0 saturated carbocycles. The molecule has 0 amide bonds. The van der Waals surface area contributed by atoms with Gasteiger partial charge in [0.25, 0.3) is 0 Å². The third kappa shape index (κ3) is 3.25. The highest BCUT2D eigenvalue weighted by atomic mass is 19.1. The van der Waals surface area contributed by atoms with Crippen molar-refractivity contribution in [2.75, 3.05) is 0 Å². The number of aryl methyl sites for hydroxylation is 1.